The van der Waals surface area contributed by atoms with Crippen LogP contribution in [0.15, 0.2) is 24.8 Å². The third-order valence-corrected chi connectivity index (χ3v) is 2.87. The molecule has 0 bridgehead atoms. The number of rotatable bonds is 4. The van der Waals surface area contributed by atoms with Crippen LogP contribution in [0.25, 0.3) is 5.82 Å². The zero-order chi connectivity index (χ0) is 14.7. The normalized spacial score (nSPS) is 12.0. The van der Waals surface area contributed by atoms with Gasteiger partial charge in [0.15, 0.2) is 5.82 Å². The topological polar surface area (TPSA) is 75.9 Å². The molecule has 0 aliphatic rings. The summed E-state index contributed by atoms with van der Waals surface area (Å²) in [5, 5.41) is 3.05. The van der Waals surface area contributed by atoms with Crippen molar-refractivity contribution in [3.8, 4) is 5.82 Å². The SMILES string of the molecule is Cc1nccn1-c1cncc(N[C@@H](C)C(=O)N(C)C)n1. The van der Waals surface area contributed by atoms with Crippen LogP contribution < -0.4 is 5.32 Å². The van der Waals surface area contributed by atoms with E-state index in [1.54, 1.807) is 39.6 Å². The highest BCUT2D eigenvalue weighted by atomic mass is 16.2. The quantitative estimate of drug-likeness (QED) is 0.895. The Kier molecular flexibility index (Phi) is 3.97. The number of imidazole rings is 1. The van der Waals surface area contributed by atoms with Crippen LogP contribution in [0.5, 0.6) is 0 Å². The summed E-state index contributed by atoms with van der Waals surface area (Å²) in [6.07, 6.45) is 6.76. The molecule has 0 radical (unpaired) electrons. The molecule has 2 aromatic rings. The van der Waals surface area contributed by atoms with Crippen LogP contribution in [0.3, 0.4) is 0 Å². The largest absolute Gasteiger partial charge is 0.357 e. The second kappa shape index (κ2) is 5.68. The van der Waals surface area contributed by atoms with Gasteiger partial charge in [0.1, 0.15) is 17.7 Å². The summed E-state index contributed by atoms with van der Waals surface area (Å²) in [4.78, 5) is 26.1. The molecule has 0 aliphatic heterocycles. The van der Waals surface area contributed by atoms with Gasteiger partial charge in [-0.2, -0.15) is 0 Å². The van der Waals surface area contributed by atoms with Gasteiger partial charge >= 0.3 is 0 Å². The molecule has 7 heteroatoms. The van der Waals surface area contributed by atoms with Gasteiger partial charge in [-0.3, -0.25) is 14.3 Å². The van der Waals surface area contributed by atoms with Gasteiger partial charge in [-0.15, -0.1) is 0 Å². The van der Waals surface area contributed by atoms with Crippen molar-refractivity contribution in [3.63, 3.8) is 0 Å². The number of hydrogen-bond acceptors (Lipinski definition) is 5. The monoisotopic (exact) mass is 274 g/mol. The molecule has 7 nitrogen and oxygen atoms in total. The Hall–Kier alpha value is -2.44. The molecule has 0 saturated carbocycles. The maximum Gasteiger partial charge on any atom is 0.244 e. The minimum Gasteiger partial charge on any atom is -0.357 e. The van der Waals surface area contributed by atoms with E-state index in [1.165, 1.54) is 4.90 Å². The fourth-order valence-corrected chi connectivity index (χ4v) is 1.83. The van der Waals surface area contributed by atoms with Gasteiger partial charge in [0.05, 0.1) is 12.4 Å². The molecule has 1 atom stereocenters. The van der Waals surface area contributed by atoms with Gasteiger partial charge in [0, 0.05) is 26.5 Å². The van der Waals surface area contributed by atoms with E-state index in [0.29, 0.717) is 11.6 Å². The van der Waals surface area contributed by atoms with Crippen molar-refractivity contribution < 1.29 is 4.79 Å². The summed E-state index contributed by atoms with van der Waals surface area (Å²) in [5.74, 6) is 2.03. The van der Waals surface area contributed by atoms with Crippen LogP contribution in [-0.4, -0.2) is 50.5 Å². The second-order valence-corrected chi connectivity index (χ2v) is 4.71. The summed E-state index contributed by atoms with van der Waals surface area (Å²) in [7, 11) is 3.44. The molecule has 0 spiro atoms. The van der Waals surface area contributed by atoms with Gasteiger partial charge in [-0.05, 0) is 13.8 Å². The lowest BCUT2D eigenvalue weighted by Crippen LogP contribution is -2.36. The van der Waals surface area contributed by atoms with E-state index in [9.17, 15) is 4.79 Å². The maximum absolute atomic E-state index is 11.8. The van der Waals surface area contributed by atoms with E-state index < -0.39 is 0 Å². The lowest BCUT2D eigenvalue weighted by Gasteiger charge is -2.18. The predicted molar refractivity (Wildman–Crippen MR) is 75.7 cm³/mol. The lowest BCUT2D eigenvalue weighted by atomic mass is 10.3. The van der Waals surface area contributed by atoms with Gasteiger partial charge in [-0.1, -0.05) is 0 Å². The molecular formula is C13H18N6O. The molecule has 2 heterocycles. The molecule has 0 aliphatic carbocycles. The molecule has 2 rings (SSSR count). The molecule has 0 aromatic carbocycles. The first-order valence-electron chi connectivity index (χ1n) is 6.29. The number of anilines is 1. The molecule has 2 aromatic heterocycles. The molecule has 1 amide bonds. The molecule has 0 saturated heterocycles. The Morgan fingerprint density at radius 3 is 2.75 bits per heavy atom. The molecule has 1 N–H and O–H groups in total. The summed E-state index contributed by atoms with van der Waals surface area (Å²) in [5.41, 5.74) is 0. The number of aromatic nitrogens is 4. The van der Waals surface area contributed by atoms with Gasteiger partial charge in [0.2, 0.25) is 5.91 Å². The van der Waals surface area contributed by atoms with Crippen LogP contribution in [0, 0.1) is 6.92 Å². The number of amides is 1. The number of nitrogens with zero attached hydrogens (tertiary/aromatic N) is 5. The zero-order valence-corrected chi connectivity index (χ0v) is 12.0. The molecule has 0 unspecified atom stereocenters. The van der Waals surface area contributed by atoms with Crippen LogP contribution >= 0.6 is 0 Å². The number of carbonyl (C=O) groups excluding carboxylic acids is 1. The van der Waals surface area contributed by atoms with Crippen molar-refractivity contribution in [3.05, 3.63) is 30.6 Å². The van der Waals surface area contributed by atoms with E-state index in [0.717, 1.165) is 5.82 Å². The summed E-state index contributed by atoms with van der Waals surface area (Å²) in [6.45, 7) is 3.68. The van der Waals surface area contributed by atoms with Crippen molar-refractivity contribution in [1.82, 2.24) is 24.4 Å². The standard InChI is InChI=1S/C13H18N6O/c1-9(13(20)18(3)4)16-11-7-14-8-12(17-11)19-6-5-15-10(19)2/h5-9H,1-4H3,(H,16,17)/t9-/m0/s1. The van der Waals surface area contributed by atoms with Crippen LogP contribution in [-0.2, 0) is 4.79 Å². The van der Waals surface area contributed by atoms with Crippen LogP contribution in [0.4, 0.5) is 5.82 Å². The number of carbonyl (C=O) groups is 1. The van der Waals surface area contributed by atoms with Crippen molar-refractivity contribution in [2.75, 3.05) is 19.4 Å². The summed E-state index contributed by atoms with van der Waals surface area (Å²) in [6, 6.07) is -0.363. The van der Waals surface area contributed by atoms with Crippen molar-refractivity contribution in [1.29, 1.82) is 0 Å². The van der Waals surface area contributed by atoms with Crippen molar-refractivity contribution in [2.24, 2.45) is 0 Å². The molecule has 0 fully saturated rings. The minimum atomic E-state index is -0.363. The van der Waals surface area contributed by atoms with Crippen LogP contribution in [0.2, 0.25) is 0 Å². The minimum absolute atomic E-state index is 0.0176. The molecule has 20 heavy (non-hydrogen) atoms. The lowest BCUT2D eigenvalue weighted by molar-refractivity contribution is -0.129. The van der Waals surface area contributed by atoms with E-state index in [-0.39, 0.29) is 11.9 Å². The second-order valence-electron chi connectivity index (χ2n) is 4.71. The van der Waals surface area contributed by atoms with Crippen LogP contribution in [0.1, 0.15) is 12.7 Å². The highest BCUT2D eigenvalue weighted by Gasteiger charge is 2.15. The third kappa shape index (κ3) is 2.93. The zero-order valence-electron chi connectivity index (χ0n) is 12.0. The average molecular weight is 274 g/mol. The predicted octanol–water partition coefficient (Wildman–Crippen LogP) is 0.859. The summed E-state index contributed by atoms with van der Waals surface area (Å²) < 4.78 is 1.83. The molecule has 106 valence electrons. The van der Waals surface area contributed by atoms with Crippen molar-refractivity contribution >= 4 is 11.7 Å². The first kappa shape index (κ1) is 14.0. The highest BCUT2D eigenvalue weighted by molar-refractivity contribution is 5.83. The first-order chi connectivity index (χ1) is 9.49. The fourth-order valence-electron chi connectivity index (χ4n) is 1.83. The maximum atomic E-state index is 11.8. The Labute approximate surface area is 117 Å². The van der Waals surface area contributed by atoms with E-state index in [4.69, 9.17) is 0 Å². The Morgan fingerprint density at radius 2 is 2.15 bits per heavy atom. The molecular weight excluding hydrogens is 256 g/mol. The van der Waals surface area contributed by atoms with E-state index in [2.05, 4.69) is 20.3 Å². The Morgan fingerprint density at radius 1 is 1.40 bits per heavy atom. The van der Waals surface area contributed by atoms with Crippen molar-refractivity contribution in [2.45, 2.75) is 19.9 Å². The smallest absolute Gasteiger partial charge is 0.244 e. The number of nitrogens with one attached hydrogen (secondary N) is 1. The Bertz CT molecular complexity index is 606. The number of likely N-dealkylation sites (N-methyl/N-ethyl adjacent to an activating group) is 1. The third-order valence-electron chi connectivity index (χ3n) is 2.87. The Balaban J connectivity index is 2.19. The van der Waals surface area contributed by atoms with Gasteiger partial charge in [-0.25, -0.2) is 9.97 Å². The number of hydrogen-bond donors (Lipinski definition) is 1. The van der Waals surface area contributed by atoms with Gasteiger partial charge in [0.25, 0.3) is 0 Å². The summed E-state index contributed by atoms with van der Waals surface area (Å²) >= 11 is 0. The highest BCUT2D eigenvalue weighted by Crippen LogP contribution is 2.10. The first-order valence-corrected chi connectivity index (χ1v) is 6.29. The van der Waals surface area contributed by atoms with Gasteiger partial charge < -0.3 is 10.2 Å². The van der Waals surface area contributed by atoms with E-state index >= 15 is 0 Å². The van der Waals surface area contributed by atoms with E-state index in [1.807, 2.05) is 17.7 Å². The number of aryl methyl sites for hydroxylation is 1. The fraction of sp³-hybridized carbons (Fsp3) is 0.385. The average Bonchev–Trinajstić information content (AvgIpc) is 2.84.